The maximum Gasteiger partial charge on any atom is 0.251 e. The van der Waals surface area contributed by atoms with Gasteiger partial charge in [0.25, 0.3) is 5.91 Å². The van der Waals surface area contributed by atoms with E-state index in [0.29, 0.717) is 12.1 Å². The molecule has 6 heteroatoms. The maximum absolute atomic E-state index is 12.4. The number of aryl methyl sites for hydroxylation is 2. The van der Waals surface area contributed by atoms with Gasteiger partial charge in [0.05, 0.1) is 12.2 Å². The van der Waals surface area contributed by atoms with Crippen LogP contribution in [0.15, 0.2) is 42.7 Å². The number of nitrogens with zero attached hydrogens (tertiary/aromatic N) is 3. The van der Waals surface area contributed by atoms with Crippen LogP contribution < -0.4 is 5.32 Å². The quantitative estimate of drug-likeness (QED) is 0.758. The Morgan fingerprint density at radius 2 is 2.04 bits per heavy atom. The Kier molecular flexibility index (Phi) is 4.46. The second kappa shape index (κ2) is 6.70. The Morgan fingerprint density at radius 3 is 2.62 bits per heavy atom. The number of hydrogen-bond acceptors (Lipinski definition) is 3. The molecule has 0 aliphatic heterocycles. The van der Waals surface area contributed by atoms with Crippen molar-refractivity contribution in [2.24, 2.45) is 0 Å². The molecule has 0 aliphatic carbocycles. The third-order valence-corrected chi connectivity index (χ3v) is 3.96. The van der Waals surface area contributed by atoms with E-state index in [-0.39, 0.29) is 11.9 Å². The predicted octanol–water partition coefficient (Wildman–Crippen LogP) is 2.71. The van der Waals surface area contributed by atoms with E-state index < -0.39 is 0 Å². The van der Waals surface area contributed by atoms with Crippen LogP contribution in [0.4, 0.5) is 0 Å². The van der Waals surface area contributed by atoms with Crippen LogP contribution in [0, 0.1) is 13.8 Å². The molecule has 0 radical (unpaired) electrons. The molecule has 0 saturated carbocycles. The lowest BCUT2D eigenvalue weighted by Gasteiger charge is -2.14. The summed E-state index contributed by atoms with van der Waals surface area (Å²) in [4.78, 5) is 12.4. The SMILES string of the molecule is Cc1n[nH]c(C)c1-c1ccc(C(=O)N[C@@H](C)Cn2cccn2)cc1. The van der Waals surface area contributed by atoms with E-state index in [9.17, 15) is 4.79 Å². The molecule has 0 unspecified atom stereocenters. The van der Waals surface area contributed by atoms with Gasteiger partial charge in [0, 0.05) is 35.3 Å². The van der Waals surface area contributed by atoms with Gasteiger partial charge in [0.2, 0.25) is 0 Å². The van der Waals surface area contributed by atoms with Gasteiger partial charge in [0.15, 0.2) is 0 Å². The summed E-state index contributed by atoms with van der Waals surface area (Å²) in [6.45, 7) is 6.57. The summed E-state index contributed by atoms with van der Waals surface area (Å²) in [5.41, 5.74) is 4.77. The number of amides is 1. The fraction of sp³-hybridized carbons (Fsp3) is 0.278. The van der Waals surface area contributed by atoms with Crippen molar-refractivity contribution in [2.75, 3.05) is 0 Å². The summed E-state index contributed by atoms with van der Waals surface area (Å²) >= 11 is 0. The molecule has 3 rings (SSSR count). The first-order valence-corrected chi connectivity index (χ1v) is 7.95. The van der Waals surface area contributed by atoms with E-state index in [0.717, 1.165) is 22.5 Å². The minimum atomic E-state index is -0.0816. The average Bonchev–Trinajstić information content (AvgIpc) is 3.17. The molecule has 0 saturated heterocycles. The zero-order valence-electron chi connectivity index (χ0n) is 14.1. The number of nitrogens with one attached hydrogen (secondary N) is 2. The van der Waals surface area contributed by atoms with Crippen LogP contribution in [0.1, 0.15) is 28.7 Å². The smallest absolute Gasteiger partial charge is 0.251 e. The normalized spacial score (nSPS) is 12.1. The Bertz CT molecular complexity index is 798. The molecule has 2 aromatic heterocycles. The summed E-state index contributed by atoms with van der Waals surface area (Å²) in [5, 5.41) is 14.3. The van der Waals surface area contributed by atoms with Crippen LogP contribution in [0.25, 0.3) is 11.1 Å². The van der Waals surface area contributed by atoms with Crippen molar-refractivity contribution in [2.45, 2.75) is 33.4 Å². The molecular formula is C18H21N5O. The Hall–Kier alpha value is -2.89. The highest BCUT2D eigenvalue weighted by molar-refractivity contribution is 5.94. The van der Waals surface area contributed by atoms with Crippen molar-refractivity contribution < 1.29 is 4.79 Å². The monoisotopic (exact) mass is 323 g/mol. The molecule has 0 aliphatic rings. The molecule has 3 aromatic rings. The van der Waals surface area contributed by atoms with Crippen LogP contribution in [-0.4, -0.2) is 31.9 Å². The molecule has 2 N–H and O–H groups in total. The van der Waals surface area contributed by atoms with Gasteiger partial charge >= 0.3 is 0 Å². The molecule has 2 heterocycles. The lowest BCUT2D eigenvalue weighted by Crippen LogP contribution is -2.35. The van der Waals surface area contributed by atoms with Crippen molar-refractivity contribution in [1.29, 1.82) is 0 Å². The number of carbonyl (C=O) groups excluding carboxylic acids is 1. The van der Waals surface area contributed by atoms with Gasteiger partial charge in [-0.15, -0.1) is 0 Å². The molecule has 6 nitrogen and oxygen atoms in total. The van der Waals surface area contributed by atoms with Gasteiger partial charge in [-0.1, -0.05) is 12.1 Å². The van der Waals surface area contributed by atoms with E-state index >= 15 is 0 Å². The first-order valence-electron chi connectivity index (χ1n) is 7.95. The van der Waals surface area contributed by atoms with E-state index in [4.69, 9.17) is 0 Å². The van der Waals surface area contributed by atoms with E-state index in [2.05, 4.69) is 20.6 Å². The molecule has 0 bridgehead atoms. The Morgan fingerprint density at radius 1 is 1.29 bits per heavy atom. The predicted molar refractivity (Wildman–Crippen MR) is 92.7 cm³/mol. The summed E-state index contributed by atoms with van der Waals surface area (Å²) in [6.07, 6.45) is 3.61. The Balaban J connectivity index is 1.68. The number of hydrogen-bond donors (Lipinski definition) is 2. The van der Waals surface area contributed by atoms with Crippen molar-refractivity contribution in [3.05, 3.63) is 59.7 Å². The Labute approximate surface area is 140 Å². The summed E-state index contributed by atoms with van der Waals surface area (Å²) in [5.74, 6) is -0.0816. The molecule has 124 valence electrons. The lowest BCUT2D eigenvalue weighted by molar-refractivity contribution is 0.0936. The largest absolute Gasteiger partial charge is 0.348 e. The highest BCUT2D eigenvalue weighted by Crippen LogP contribution is 2.25. The van der Waals surface area contributed by atoms with Crippen molar-refractivity contribution in [3.8, 4) is 11.1 Å². The summed E-state index contributed by atoms with van der Waals surface area (Å²) in [6, 6.07) is 9.47. The highest BCUT2D eigenvalue weighted by atomic mass is 16.1. The van der Waals surface area contributed by atoms with Crippen LogP contribution in [0.2, 0.25) is 0 Å². The third-order valence-electron chi connectivity index (χ3n) is 3.96. The lowest BCUT2D eigenvalue weighted by atomic mass is 10.0. The van der Waals surface area contributed by atoms with E-state index in [1.807, 2.05) is 57.3 Å². The van der Waals surface area contributed by atoms with Gasteiger partial charge in [-0.3, -0.25) is 14.6 Å². The molecule has 1 atom stereocenters. The van der Waals surface area contributed by atoms with E-state index in [1.54, 1.807) is 10.9 Å². The fourth-order valence-electron chi connectivity index (χ4n) is 2.81. The number of aromatic amines is 1. The second-order valence-corrected chi connectivity index (χ2v) is 5.99. The highest BCUT2D eigenvalue weighted by Gasteiger charge is 2.12. The fourth-order valence-corrected chi connectivity index (χ4v) is 2.81. The number of H-pyrrole nitrogens is 1. The van der Waals surface area contributed by atoms with Crippen molar-refractivity contribution in [3.63, 3.8) is 0 Å². The molecular weight excluding hydrogens is 302 g/mol. The number of aromatic nitrogens is 4. The van der Waals surface area contributed by atoms with Crippen LogP contribution >= 0.6 is 0 Å². The van der Waals surface area contributed by atoms with Gasteiger partial charge in [0.1, 0.15) is 0 Å². The molecule has 0 fully saturated rings. The number of benzene rings is 1. The van der Waals surface area contributed by atoms with Gasteiger partial charge in [-0.2, -0.15) is 10.2 Å². The van der Waals surface area contributed by atoms with Gasteiger partial charge < -0.3 is 5.32 Å². The van der Waals surface area contributed by atoms with Crippen molar-refractivity contribution >= 4 is 5.91 Å². The zero-order valence-corrected chi connectivity index (χ0v) is 14.1. The average molecular weight is 323 g/mol. The summed E-state index contributed by atoms with van der Waals surface area (Å²) in [7, 11) is 0. The van der Waals surface area contributed by atoms with Crippen LogP contribution in [-0.2, 0) is 6.54 Å². The first-order chi connectivity index (χ1) is 11.5. The van der Waals surface area contributed by atoms with Crippen molar-refractivity contribution in [1.82, 2.24) is 25.3 Å². The third kappa shape index (κ3) is 3.37. The van der Waals surface area contributed by atoms with Gasteiger partial charge in [-0.05, 0) is 44.5 Å². The molecule has 0 spiro atoms. The topological polar surface area (TPSA) is 75.6 Å². The molecule has 24 heavy (non-hydrogen) atoms. The van der Waals surface area contributed by atoms with Gasteiger partial charge in [-0.25, -0.2) is 0 Å². The number of rotatable bonds is 5. The van der Waals surface area contributed by atoms with Crippen LogP contribution in [0.3, 0.4) is 0 Å². The minimum Gasteiger partial charge on any atom is -0.348 e. The molecule has 1 amide bonds. The first kappa shape index (κ1) is 16.0. The number of carbonyl (C=O) groups is 1. The molecule has 1 aromatic carbocycles. The standard InChI is InChI=1S/C18H21N5O/c1-12(11-23-10-4-9-19-23)20-18(24)16-7-5-15(6-8-16)17-13(2)21-22-14(17)3/h4-10,12H,11H2,1-3H3,(H,20,24)(H,21,22)/t12-/m0/s1. The minimum absolute atomic E-state index is 0.00422. The summed E-state index contributed by atoms with van der Waals surface area (Å²) < 4.78 is 1.80. The van der Waals surface area contributed by atoms with Crippen LogP contribution in [0.5, 0.6) is 0 Å². The van der Waals surface area contributed by atoms with E-state index in [1.165, 1.54) is 0 Å². The second-order valence-electron chi connectivity index (χ2n) is 5.99. The zero-order chi connectivity index (χ0) is 17.1. The maximum atomic E-state index is 12.4.